The first-order chi connectivity index (χ1) is 15.6. The third-order valence-electron chi connectivity index (χ3n) is 5.20. The Labute approximate surface area is 184 Å². The monoisotopic (exact) mass is 431 g/mol. The third kappa shape index (κ3) is 3.92. The van der Waals surface area contributed by atoms with Gasteiger partial charge in [-0.25, -0.2) is 14.5 Å². The molecule has 1 aliphatic heterocycles. The Bertz CT molecular complexity index is 1290. The van der Waals surface area contributed by atoms with E-state index in [9.17, 15) is 4.79 Å². The number of benzene rings is 2. The second-order valence-electron chi connectivity index (χ2n) is 7.43. The zero-order valence-corrected chi connectivity index (χ0v) is 17.6. The Morgan fingerprint density at radius 2 is 1.97 bits per heavy atom. The Kier molecular flexibility index (Phi) is 5.06. The molecule has 3 heterocycles. The smallest absolute Gasteiger partial charge is 0.231 e. The van der Waals surface area contributed by atoms with E-state index in [1.807, 2.05) is 55.5 Å². The first-order valence-electron chi connectivity index (χ1n) is 10.1. The van der Waals surface area contributed by atoms with Gasteiger partial charge in [0.1, 0.15) is 12.1 Å². The van der Waals surface area contributed by atoms with Crippen molar-refractivity contribution in [2.24, 2.45) is 0 Å². The number of rotatable bonds is 6. The summed E-state index contributed by atoms with van der Waals surface area (Å²) in [5.41, 5.74) is 3.22. The summed E-state index contributed by atoms with van der Waals surface area (Å²) in [6.45, 7) is 2.06. The molecule has 1 amide bonds. The van der Waals surface area contributed by atoms with Gasteiger partial charge in [0, 0.05) is 11.6 Å². The highest BCUT2D eigenvalue weighted by Gasteiger charge is 2.18. The maximum atomic E-state index is 12.5. The lowest BCUT2D eigenvalue weighted by molar-refractivity contribution is -0.121. The number of hydrogen-bond acceptors (Lipinski definition) is 7. The molecule has 0 fully saturated rings. The summed E-state index contributed by atoms with van der Waals surface area (Å²) in [4.78, 5) is 21.6. The molecule has 1 atom stereocenters. The Hall–Kier alpha value is -4.14. The van der Waals surface area contributed by atoms with Gasteiger partial charge in [0.25, 0.3) is 0 Å². The maximum Gasteiger partial charge on any atom is 0.231 e. The van der Waals surface area contributed by atoms with E-state index in [4.69, 9.17) is 14.2 Å². The number of carbonyl (C=O) groups excluding carboxylic acids is 1. The minimum Gasteiger partial charge on any atom is -0.497 e. The molecule has 5 rings (SSSR count). The van der Waals surface area contributed by atoms with Crippen molar-refractivity contribution in [2.75, 3.05) is 13.9 Å². The van der Waals surface area contributed by atoms with E-state index in [0.29, 0.717) is 23.0 Å². The molecular weight excluding hydrogens is 410 g/mol. The van der Waals surface area contributed by atoms with Crippen LogP contribution in [0.15, 0.2) is 54.9 Å². The molecule has 2 aromatic carbocycles. The first kappa shape index (κ1) is 19.8. The number of nitrogens with zero attached hydrogens (tertiary/aromatic N) is 4. The Balaban J connectivity index is 1.28. The van der Waals surface area contributed by atoms with Gasteiger partial charge < -0.3 is 19.5 Å². The van der Waals surface area contributed by atoms with Crippen LogP contribution in [0.25, 0.3) is 16.9 Å². The molecule has 9 heteroatoms. The fourth-order valence-electron chi connectivity index (χ4n) is 3.51. The molecule has 32 heavy (non-hydrogen) atoms. The number of ether oxygens (including phenoxy) is 3. The zero-order chi connectivity index (χ0) is 22.1. The van der Waals surface area contributed by atoms with Crippen LogP contribution < -0.4 is 19.5 Å². The second-order valence-corrected chi connectivity index (χ2v) is 7.43. The predicted octanol–water partition coefficient (Wildman–Crippen LogP) is 2.95. The molecule has 0 aliphatic carbocycles. The van der Waals surface area contributed by atoms with Crippen LogP contribution in [0.4, 0.5) is 0 Å². The summed E-state index contributed by atoms with van der Waals surface area (Å²) in [6, 6.07) is 14.6. The molecule has 0 radical (unpaired) electrons. The molecule has 1 N–H and O–H groups in total. The SMILES string of the molecule is COc1ccc(-c2cc3nc([C@H](C)NC(=O)Cc4ccc5c(c4)OCO5)nn3cn2)cc1. The average Bonchev–Trinajstić information content (AvgIpc) is 3.45. The van der Waals surface area contributed by atoms with Gasteiger partial charge in [0.15, 0.2) is 23.0 Å². The van der Waals surface area contributed by atoms with Crippen LogP contribution in [0.1, 0.15) is 24.4 Å². The standard InChI is InChI=1S/C23H21N5O4/c1-14(25-22(29)10-15-3-8-19-20(9-15)32-13-31-19)23-26-21-11-18(24-12-28(21)27-23)16-4-6-17(30-2)7-5-16/h3-9,11-12,14H,10,13H2,1-2H3,(H,25,29)/t14-/m0/s1. The van der Waals surface area contributed by atoms with Gasteiger partial charge in [-0.15, -0.1) is 5.10 Å². The summed E-state index contributed by atoms with van der Waals surface area (Å²) < 4.78 is 17.5. The van der Waals surface area contributed by atoms with Crippen LogP contribution in [0, 0.1) is 0 Å². The van der Waals surface area contributed by atoms with E-state index in [1.165, 1.54) is 0 Å². The number of methoxy groups -OCH3 is 1. The van der Waals surface area contributed by atoms with Crippen molar-refractivity contribution in [2.45, 2.75) is 19.4 Å². The van der Waals surface area contributed by atoms with Gasteiger partial charge in [-0.05, 0) is 48.9 Å². The molecule has 0 unspecified atom stereocenters. The Morgan fingerprint density at radius 3 is 2.78 bits per heavy atom. The fourth-order valence-corrected chi connectivity index (χ4v) is 3.51. The van der Waals surface area contributed by atoms with E-state index < -0.39 is 0 Å². The van der Waals surface area contributed by atoms with E-state index >= 15 is 0 Å². The van der Waals surface area contributed by atoms with Gasteiger partial charge in [0.2, 0.25) is 12.7 Å². The number of hydrogen-bond donors (Lipinski definition) is 1. The number of amides is 1. The number of aromatic nitrogens is 4. The van der Waals surface area contributed by atoms with Crippen molar-refractivity contribution < 1.29 is 19.0 Å². The molecule has 9 nitrogen and oxygen atoms in total. The summed E-state index contributed by atoms with van der Waals surface area (Å²) in [5.74, 6) is 2.51. The summed E-state index contributed by atoms with van der Waals surface area (Å²) >= 11 is 0. The second kappa shape index (κ2) is 8.18. The average molecular weight is 431 g/mol. The quantitative estimate of drug-likeness (QED) is 0.501. The molecule has 0 bridgehead atoms. The maximum absolute atomic E-state index is 12.5. The van der Waals surface area contributed by atoms with Gasteiger partial charge in [-0.3, -0.25) is 4.79 Å². The number of fused-ring (bicyclic) bond motifs is 2. The van der Waals surface area contributed by atoms with Crippen LogP contribution in [-0.4, -0.2) is 39.4 Å². The van der Waals surface area contributed by atoms with E-state index in [2.05, 4.69) is 20.4 Å². The lowest BCUT2D eigenvalue weighted by Crippen LogP contribution is -2.28. The third-order valence-corrected chi connectivity index (χ3v) is 5.20. The molecular formula is C23H21N5O4. The molecule has 1 aliphatic rings. The zero-order valence-electron chi connectivity index (χ0n) is 17.6. The predicted molar refractivity (Wildman–Crippen MR) is 116 cm³/mol. The highest BCUT2D eigenvalue weighted by molar-refractivity contribution is 5.79. The van der Waals surface area contributed by atoms with Crippen LogP contribution in [-0.2, 0) is 11.2 Å². The van der Waals surface area contributed by atoms with Crippen molar-refractivity contribution in [1.29, 1.82) is 0 Å². The molecule has 0 saturated carbocycles. The van der Waals surface area contributed by atoms with E-state index in [1.54, 1.807) is 18.0 Å². The minimum absolute atomic E-state index is 0.132. The van der Waals surface area contributed by atoms with E-state index in [0.717, 1.165) is 22.6 Å². The molecule has 0 spiro atoms. The molecule has 2 aromatic heterocycles. The minimum atomic E-state index is -0.360. The first-order valence-corrected chi connectivity index (χ1v) is 10.1. The van der Waals surface area contributed by atoms with Crippen LogP contribution in [0.3, 0.4) is 0 Å². The lowest BCUT2D eigenvalue weighted by Gasteiger charge is -2.10. The Morgan fingerprint density at radius 1 is 1.16 bits per heavy atom. The summed E-state index contributed by atoms with van der Waals surface area (Å²) in [6.07, 6.45) is 1.84. The largest absolute Gasteiger partial charge is 0.497 e. The van der Waals surface area contributed by atoms with Crippen molar-refractivity contribution in [1.82, 2.24) is 24.9 Å². The molecule has 0 saturated heterocycles. The van der Waals surface area contributed by atoms with E-state index in [-0.39, 0.29) is 25.2 Å². The fraction of sp³-hybridized carbons (Fsp3) is 0.217. The van der Waals surface area contributed by atoms with Crippen LogP contribution in [0.5, 0.6) is 17.2 Å². The highest BCUT2D eigenvalue weighted by Crippen LogP contribution is 2.32. The van der Waals surface area contributed by atoms with Crippen LogP contribution in [0.2, 0.25) is 0 Å². The molecule has 162 valence electrons. The molecule has 4 aromatic rings. The highest BCUT2D eigenvalue weighted by atomic mass is 16.7. The van der Waals surface area contributed by atoms with Gasteiger partial charge >= 0.3 is 0 Å². The lowest BCUT2D eigenvalue weighted by atomic mass is 10.1. The summed E-state index contributed by atoms with van der Waals surface area (Å²) in [7, 11) is 1.63. The van der Waals surface area contributed by atoms with Crippen molar-refractivity contribution in [3.63, 3.8) is 0 Å². The van der Waals surface area contributed by atoms with Crippen molar-refractivity contribution >= 4 is 11.6 Å². The topological polar surface area (TPSA) is 99.9 Å². The van der Waals surface area contributed by atoms with Crippen LogP contribution >= 0.6 is 0 Å². The number of nitrogens with one attached hydrogen (secondary N) is 1. The van der Waals surface area contributed by atoms with Gasteiger partial charge in [-0.1, -0.05) is 6.07 Å². The van der Waals surface area contributed by atoms with Gasteiger partial charge in [0.05, 0.1) is 25.3 Å². The normalized spacial score (nSPS) is 13.2. The van der Waals surface area contributed by atoms with Gasteiger partial charge in [-0.2, -0.15) is 0 Å². The van der Waals surface area contributed by atoms with Crippen molar-refractivity contribution in [3.05, 3.63) is 66.2 Å². The summed E-state index contributed by atoms with van der Waals surface area (Å²) in [5, 5.41) is 7.40. The van der Waals surface area contributed by atoms with Crippen molar-refractivity contribution in [3.8, 4) is 28.5 Å². The number of carbonyl (C=O) groups is 1.